The Morgan fingerprint density at radius 3 is 2.77 bits per heavy atom. The number of nitrogens with zero attached hydrogens (tertiary/aromatic N) is 2. The first-order valence-electron chi connectivity index (χ1n) is 7.52. The Labute approximate surface area is 135 Å². The SMILES string of the molecule is Cc1nc2c(c3c1[se]c1ccccc13)/C(=N\O)CC(C)(C)C2. The molecule has 4 heteroatoms. The fraction of sp³-hybridized carbons (Fsp3) is 0.333. The van der Waals surface area contributed by atoms with Crippen LogP contribution in [0.3, 0.4) is 0 Å². The Morgan fingerprint density at radius 1 is 1.23 bits per heavy atom. The molecule has 3 aromatic rings. The third-order valence-electron chi connectivity index (χ3n) is 4.47. The van der Waals surface area contributed by atoms with Crippen LogP contribution in [0.2, 0.25) is 0 Å². The van der Waals surface area contributed by atoms with Crippen LogP contribution >= 0.6 is 0 Å². The van der Waals surface area contributed by atoms with Crippen molar-refractivity contribution in [3.05, 3.63) is 41.2 Å². The van der Waals surface area contributed by atoms with Crippen LogP contribution in [0.5, 0.6) is 0 Å². The van der Waals surface area contributed by atoms with E-state index in [0.717, 1.165) is 35.5 Å². The number of oxime groups is 1. The van der Waals surface area contributed by atoms with Gasteiger partial charge >= 0.3 is 135 Å². The average molecular weight is 357 g/mol. The number of pyridine rings is 1. The summed E-state index contributed by atoms with van der Waals surface area (Å²) in [4.78, 5) is 4.89. The standard InChI is InChI=1S/C18H18N2OSe/c1-10-17-15(11-6-4-5-7-14(11)22-17)16-12(19-10)8-18(2,3)9-13(16)20-21/h4-7,21H,8-9H2,1-3H3/b20-13-. The molecule has 0 radical (unpaired) electrons. The van der Waals surface area contributed by atoms with Crippen LogP contribution in [0.1, 0.15) is 37.2 Å². The predicted octanol–water partition coefficient (Wildman–Crippen LogP) is 3.90. The van der Waals surface area contributed by atoms with Crippen LogP contribution in [-0.2, 0) is 6.42 Å². The Kier molecular flexibility index (Phi) is 2.97. The molecule has 112 valence electrons. The fourth-order valence-electron chi connectivity index (χ4n) is 3.58. The number of fused-ring (bicyclic) bond motifs is 5. The van der Waals surface area contributed by atoms with E-state index in [9.17, 15) is 5.21 Å². The molecule has 3 nitrogen and oxygen atoms in total. The third kappa shape index (κ3) is 1.94. The van der Waals surface area contributed by atoms with E-state index in [1.165, 1.54) is 19.3 Å². The molecule has 2 heterocycles. The quantitative estimate of drug-likeness (QED) is 0.377. The van der Waals surface area contributed by atoms with E-state index < -0.39 is 0 Å². The molecule has 22 heavy (non-hydrogen) atoms. The summed E-state index contributed by atoms with van der Waals surface area (Å²) >= 11 is 0.297. The van der Waals surface area contributed by atoms with Crippen molar-refractivity contribution in [2.24, 2.45) is 10.6 Å². The van der Waals surface area contributed by atoms with Crippen LogP contribution in [-0.4, -0.2) is 30.4 Å². The summed E-state index contributed by atoms with van der Waals surface area (Å²) in [5.41, 5.74) is 4.20. The molecule has 2 aromatic heterocycles. The first-order chi connectivity index (χ1) is 10.5. The van der Waals surface area contributed by atoms with Gasteiger partial charge in [0.2, 0.25) is 0 Å². The van der Waals surface area contributed by atoms with Crippen molar-refractivity contribution in [3.63, 3.8) is 0 Å². The first kappa shape index (κ1) is 14.0. The van der Waals surface area contributed by atoms with Crippen molar-refractivity contribution in [1.82, 2.24) is 4.98 Å². The second-order valence-corrected chi connectivity index (χ2v) is 9.09. The topological polar surface area (TPSA) is 45.5 Å². The van der Waals surface area contributed by atoms with Crippen molar-refractivity contribution >= 4 is 39.5 Å². The summed E-state index contributed by atoms with van der Waals surface area (Å²) in [6, 6.07) is 8.60. The van der Waals surface area contributed by atoms with Crippen molar-refractivity contribution in [2.45, 2.75) is 33.6 Å². The van der Waals surface area contributed by atoms with Crippen molar-refractivity contribution in [1.29, 1.82) is 0 Å². The van der Waals surface area contributed by atoms with Gasteiger partial charge in [-0.2, -0.15) is 0 Å². The maximum atomic E-state index is 9.58. The summed E-state index contributed by atoms with van der Waals surface area (Å²) in [5, 5.41) is 15.8. The van der Waals surface area contributed by atoms with Gasteiger partial charge in [0, 0.05) is 0 Å². The molecule has 0 unspecified atom stereocenters. The molecular weight excluding hydrogens is 339 g/mol. The fourth-order valence-corrected chi connectivity index (χ4v) is 6.00. The zero-order chi connectivity index (χ0) is 15.5. The Balaban J connectivity index is 2.19. The summed E-state index contributed by atoms with van der Waals surface area (Å²) < 4.78 is 2.76. The Hall–Kier alpha value is -1.64. The molecule has 1 N–H and O–H groups in total. The van der Waals surface area contributed by atoms with Gasteiger partial charge < -0.3 is 0 Å². The van der Waals surface area contributed by atoms with Gasteiger partial charge in [-0.05, 0) is 0 Å². The van der Waals surface area contributed by atoms with Gasteiger partial charge in [0.05, 0.1) is 0 Å². The van der Waals surface area contributed by atoms with Crippen LogP contribution in [0.4, 0.5) is 0 Å². The van der Waals surface area contributed by atoms with Crippen molar-refractivity contribution < 1.29 is 5.21 Å². The normalized spacial score (nSPS) is 19.0. The second-order valence-electron chi connectivity index (χ2n) is 6.89. The predicted molar refractivity (Wildman–Crippen MR) is 91.4 cm³/mol. The van der Waals surface area contributed by atoms with E-state index in [1.807, 2.05) is 0 Å². The zero-order valence-corrected chi connectivity index (χ0v) is 14.7. The second kappa shape index (κ2) is 4.68. The molecule has 0 fully saturated rings. The van der Waals surface area contributed by atoms with Crippen molar-refractivity contribution in [2.75, 3.05) is 0 Å². The molecule has 0 saturated heterocycles. The number of rotatable bonds is 0. The van der Waals surface area contributed by atoms with E-state index in [2.05, 4.69) is 50.2 Å². The molecule has 0 saturated carbocycles. The van der Waals surface area contributed by atoms with E-state index in [-0.39, 0.29) is 5.41 Å². The zero-order valence-electron chi connectivity index (χ0n) is 13.0. The number of benzene rings is 1. The molecular formula is C18H18N2OSe. The molecule has 0 aliphatic heterocycles. The summed E-state index contributed by atoms with van der Waals surface area (Å²) in [6.07, 6.45) is 1.73. The van der Waals surface area contributed by atoms with Gasteiger partial charge in [0.15, 0.2) is 0 Å². The molecule has 0 atom stereocenters. The first-order valence-corrected chi connectivity index (χ1v) is 9.23. The molecule has 0 bridgehead atoms. The average Bonchev–Trinajstić information content (AvgIpc) is 2.85. The number of aromatic nitrogens is 1. The van der Waals surface area contributed by atoms with Gasteiger partial charge in [0.25, 0.3) is 0 Å². The van der Waals surface area contributed by atoms with Crippen LogP contribution in [0, 0.1) is 12.3 Å². The van der Waals surface area contributed by atoms with E-state index >= 15 is 0 Å². The van der Waals surface area contributed by atoms with E-state index in [4.69, 9.17) is 4.98 Å². The summed E-state index contributed by atoms with van der Waals surface area (Å²) in [5.74, 6) is 0. The summed E-state index contributed by atoms with van der Waals surface area (Å²) in [7, 11) is 0. The number of hydrogen-bond acceptors (Lipinski definition) is 3. The Bertz CT molecular complexity index is 937. The van der Waals surface area contributed by atoms with Gasteiger partial charge in [-0.3, -0.25) is 0 Å². The van der Waals surface area contributed by atoms with Crippen LogP contribution in [0.25, 0.3) is 19.3 Å². The maximum absolute atomic E-state index is 9.58. The molecule has 1 aromatic carbocycles. The van der Waals surface area contributed by atoms with E-state index in [1.54, 1.807) is 0 Å². The molecule has 0 spiro atoms. The minimum atomic E-state index is 0.0888. The van der Waals surface area contributed by atoms with Gasteiger partial charge in [-0.1, -0.05) is 0 Å². The molecule has 1 aliphatic carbocycles. The van der Waals surface area contributed by atoms with Gasteiger partial charge in [-0.25, -0.2) is 0 Å². The van der Waals surface area contributed by atoms with Gasteiger partial charge in [0.1, 0.15) is 0 Å². The molecule has 1 aliphatic rings. The Morgan fingerprint density at radius 2 is 2.00 bits per heavy atom. The van der Waals surface area contributed by atoms with Crippen molar-refractivity contribution in [3.8, 4) is 0 Å². The molecule has 0 amide bonds. The summed E-state index contributed by atoms with van der Waals surface area (Å²) in [6.45, 7) is 6.54. The van der Waals surface area contributed by atoms with E-state index in [0.29, 0.717) is 14.5 Å². The third-order valence-corrected chi connectivity index (χ3v) is 7.15. The molecule has 4 rings (SSSR count). The number of aryl methyl sites for hydroxylation is 1. The monoisotopic (exact) mass is 358 g/mol. The minimum absolute atomic E-state index is 0.0888. The number of hydrogen-bond donors (Lipinski definition) is 1. The van der Waals surface area contributed by atoms with Crippen LogP contribution in [0.15, 0.2) is 29.4 Å². The van der Waals surface area contributed by atoms with Crippen LogP contribution < -0.4 is 0 Å². The van der Waals surface area contributed by atoms with Gasteiger partial charge in [-0.15, -0.1) is 0 Å².